The number of carbonyl (C=O) groups excluding carboxylic acids is 2. The predicted molar refractivity (Wildman–Crippen MR) is 100 cm³/mol. The lowest BCUT2D eigenvalue weighted by molar-refractivity contribution is -0.115. The van der Waals surface area contributed by atoms with Gasteiger partial charge in [0.2, 0.25) is 5.91 Å². The topological polar surface area (TPSA) is 67.4 Å². The first-order valence-corrected chi connectivity index (χ1v) is 8.27. The van der Waals surface area contributed by atoms with Crippen LogP contribution in [0.5, 0.6) is 0 Å². The molecule has 2 aromatic carbocycles. The van der Waals surface area contributed by atoms with Crippen molar-refractivity contribution in [2.75, 3.05) is 24.3 Å². The van der Waals surface area contributed by atoms with Gasteiger partial charge >= 0.3 is 5.97 Å². The van der Waals surface area contributed by atoms with Crippen molar-refractivity contribution in [2.24, 2.45) is 0 Å². The molecule has 0 heterocycles. The fourth-order valence-electron chi connectivity index (χ4n) is 2.47. The van der Waals surface area contributed by atoms with Crippen LogP contribution in [-0.4, -0.2) is 25.5 Å². The molecule has 6 heteroatoms. The number of ether oxygens (including phenoxy) is 1. The van der Waals surface area contributed by atoms with Crippen LogP contribution in [0.2, 0.25) is 5.02 Å². The molecule has 0 atom stereocenters. The Hall–Kier alpha value is -2.53. The number of hydrogen-bond donors (Lipinski definition) is 2. The van der Waals surface area contributed by atoms with Crippen molar-refractivity contribution in [3.8, 4) is 0 Å². The number of benzene rings is 2. The van der Waals surface area contributed by atoms with Crippen LogP contribution in [-0.2, 0) is 9.53 Å². The molecular formula is C19H21ClN2O3. The van der Waals surface area contributed by atoms with E-state index >= 15 is 0 Å². The second-order valence-electron chi connectivity index (χ2n) is 5.74. The van der Waals surface area contributed by atoms with Gasteiger partial charge in [-0.3, -0.25) is 4.79 Å². The first-order valence-electron chi connectivity index (χ1n) is 7.89. The van der Waals surface area contributed by atoms with Gasteiger partial charge in [0.1, 0.15) is 0 Å². The molecule has 0 saturated heterocycles. The summed E-state index contributed by atoms with van der Waals surface area (Å²) in [6.45, 7) is 4.29. The summed E-state index contributed by atoms with van der Waals surface area (Å²) in [6.07, 6.45) is 0.270. The zero-order valence-electron chi connectivity index (χ0n) is 14.5. The average molecular weight is 361 g/mol. The lowest BCUT2D eigenvalue weighted by Gasteiger charge is -2.12. The molecule has 132 valence electrons. The lowest BCUT2D eigenvalue weighted by Crippen LogP contribution is -2.17. The number of rotatable bonds is 6. The molecule has 25 heavy (non-hydrogen) atoms. The predicted octanol–water partition coefficient (Wildman–Crippen LogP) is 4.18. The van der Waals surface area contributed by atoms with Gasteiger partial charge in [-0.2, -0.15) is 0 Å². The summed E-state index contributed by atoms with van der Waals surface area (Å²) in [6, 6.07) is 10.7. The molecule has 0 saturated carbocycles. The number of carbonyl (C=O) groups is 2. The molecule has 0 aliphatic heterocycles. The smallest absolute Gasteiger partial charge is 0.337 e. The van der Waals surface area contributed by atoms with Gasteiger partial charge in [-0.1, -0.05) is 23.7 Å². The van der Waals surface area contributed by atoms with E-state index in [4.69, 9.17) is 11.6 Å². The maximum Gasteiger partial charge on any atom is 0.337 e. The number of esters is 1. The Morgan fingerprint density at radius 2 is 1.92 bits per heavy atom. The first-order chi connectivity index (χ1) is 11.9. The van der Waals surface area contributed by atoms with Gasteiger partial charge in [-0.15, -0.1) is 0 Å². The van der Waals surface area contributed by atoms with E-state index in [1.54, 1.807) is 18.2 Å². The Labute approximate surface area is 152 Å². The van der Waals surface area contributed by atoms with Crippen molar-refractivity contribution in [1.29, 1.82) is 0 Å². The van der Waals surface area contributed by atoms with E-state index in [1.165, 1.54) is 7.11 Å². The molecule has 0 aromatic heterocycles. The Kier molecular flexibility index (Phi) is 6.42. The van der Waals surface area contributed by atoms with Gasteiger partial charge < -0.3 is 15.4 Å². The third kappa shape index (κ3) is 5.22. The monoisotopic (exact) mass is 360 g/mol. The third-order valence-corrected chi connectivity index (χ3v) is 3.96. The molecule has 0 bridgehead atoms. The molecule has 0 fully saturated rings. The van der Waals surface area contributed by atoms with Crippen LogP contribution < -0.4 is 10.6 Å². The fourth-order valence-corrected chi connectivity index (χ4v) is 2.84. The fraction of sp³-hybridized carbons (Fsp3) is 0.263. The average Bonchev–Trinajstić information content (AvgIpc) is 2.57. The molecule has 0 unspecified atom stereocenters. The SMILES string of the molecule is COC(=O)c1cccc(NCCC(=O)Nc2c(C)cc(C)cc2Cl)c1. The summed E-state index contributed by atoms with van der Waals surface area (Å²) in [5.41, 5.74) is 3.83. The molecule has 2 aromatic rings. The van der Waals surface area contributed by atoms with Crippen molar-refractivity contribution in [3.05, 3.63) is 58.1 Å². The van der Waals surface area contributed by atoms with Crippen molar-refractivity contribution < 1.29 is 14.3 Å². The van der Waals surface area contributed by atoms with Gasteiger partial charge in [-0.05, 0) is 49.2 Å². The summed E-state index contributed by atoms with van der Waals surface area (Å²) >= 11 is 6.20. The largest absolute Gasteiger partial charge is 0.465 e. The van der Waals surface area contributed by atoms with Crippen LogP contribution in [0.3, 0.4) is 0 Å². The van der Waals surface area contributed by atoms with Crippen LogP contribution in [0.1, 0.15) is 27.9 Å². The number of halogens is 1. The Morgan fingerprint density at radius 3 is 2.60 bits per heavy atom. The van der Waals surface area contributed by atoms with Crippen molar-refractivity contribution >= 4 is 34.9 Å². The molecule has 0 radical (unpaired) electrons. The molecule has 5 nitrogen and oxygen atoms in total. The number of aryl methyl sites for hydroxylation is 2. The van der Waals surface area contributed by atoms with E-state index in [9.17, 15) is 9.59 Å². The van der Waals surface area contributed by atoms with Crippen molar-refractivity contribution in [1.82, 2.24) is 0 Å². The van der Waals surface area contributed by atoms with Crippen molar-refractivity contribution in [2.45, 2.75) is 20.3 Å². The minimum atomic E-state index is -0.397. The van der Waals surface area contributed by atoms with Crippen LogP contribution >= 0.6 is 11.6 Å². The van der Waals surface area contributed by atoms with Gasteiger partial charge in [0.25, 0.3) is 0 Å². The first kappa shape index (κ1) is 18.8. The van der Waals surface area contributed by atoms with Crippen LogP contribution in [0.4, 0.5) is 11.4 Å². The van der Waals surface area contributed by atoms with Gasteiger partial charge in [0.05, 0.1) is 23.4 Å². The summed E-state index contributed by atoms with van der Waals surface area (Å²) < 4.78 is 4.69. The maximum absolute atomic E-state index is 12.1. The Bertz CT molecular complexity index is 767. The zero-order valence-corrected chi connectivity index (χ0v) is 15.2. The Balaban J connectivity index is 1.90. The van der Waals surface area contributed by atoms with Crippen LogP contribution in [0, 0.1) is 13.8 Å². The lowest BCUT2D eigenvalue weighted by atomic mass is 10.1. The minimum absolute atomic E-state index is 0.134. The van der Waals surface area contributed by atoms with Crippen LogP contribution in [0.25, 0.3) is 0 Å². The van der Waals surface area contributed by atoms with Crippen molar-refractivity contribution in [3.63, 3.8) is 0 Å². The highest BCUT2D eigenvalue weighted by Gasteiger charge is 2.10. The van der Waals surface area contributed by atoms with E-state index in [0.717, 1.165) is 16.8 Å². The number of amides is 1. The normalized spacial score (nSPS) is 10.2. The highest BCUT2D eigenvalue weighted by atomic mass is 35.5. The number of nitrogens with one attached hydrogen (secondary N) is 2. The highest BCUT2D eigenvalue weighted by Crippen LogP contribution is 2.27. The van der Waals surface area contributed by atoms with Gasteiger partial charge in [0, 0.05) is 18.7 Å². The standard InChI is InChI=1S/C19H21ClN2O3/c1-12-9-13(2)18(16(20)10-12)22-17(23)7-8-21-15-6-4-5-14(11-15)19(24)25-3/h4-6,9-11,21H,7-8H2,1-3H3,(H,22,23). The summed E-state index contributed by atoms with van der Waals surface area (Å²) in [5, 5.41) is 6.50. The minimum Gasteiger partial charge on any atom is -0.465 e. The molecule has 0 aliphatic rings. The highest BCUT2D eigenvalue weighted by molar-refractivity contribution is 6.34. The molecule has 1 amide bonds. The molecule has 2 N–H and O–H groups in total. The van der Waals surface area contributed by atoms with Gasteiger partial charge in [0.15, 0.2) is 0 Å². The number of methoxy groups -OCH3 is 1. The second-order valence-corrected chi connectivity index (χ2v) is 6.14. The quantitative estimate of drug-likeness (QED) is 0.758. The zero-order chi connectivity index (χ0) is 18.4. The third-order valence-electron chi connectivity index (χ3n) is 3.66. The van der Waals surface area contributed by atoms with E-state index in [2.05, 4.69) is 15.4 Å². The van der Waals surface area contributed by atoms with E-state index in [0.29, 0.717) is 22.8 Å². The molecule has 2 rings (SSSR count). The summed E-state index contributed by atoms with van der Waals surface area (Å²) in [5.74, 6) is -0.531. The number of hydrogen-bond acceptors (Lipinski definition) is 4. The van der Waals surface area contributed by atoms with E-state index in [1.807, 2.05) is 32.0 Å². The molecule has 0 spiro atoms. The number of anilines is 2. The molecule has 0 aliphatic carbocycles. The molecular weight excluding hydrogens is 340 g/mol. The van der Waals surface area contributed by atoms with Gasteiger partial charge in [-0.25, -0.2) is 4.79 Å². The Morgan fingerprint density at radius 1 is 1.16 bits per heavy atom. The summed E-state index contributed by atoms with van der Waals surface area (Å²) in [4.78, 5) is 23.6. The second kappa shape index (κ2) is 8.53. The van der Waals surface area contributed by atoms with E-state index in [-0.39, 0.29) is 12.3 Å². The summed E-state index contributed by atoms with van der Waals surface area (Å²) in [7, 11) is 1.34. The maximum atomic E-state index is 12.1. The van der Waals surface area contributed by atoms with Crippen LogP contribution in [0.15, 0.2) is 36.4 Å². The van der Waals surface area contributed by atoms with E-state index < -0.39 is 5.97 Å².